The molecule has 11 heteroatoms. The van der Waals surface area contributed by atoms with Crippen LogP contribution in [0.4, 0.5) is 22.7 Å². The normalized spacial score (nSPS) is 12.2. The Labute approximate surface area is 199 Å². The van der Waals surface area contributed by atoms with Crippen molar-refractivity contribution in [2.75, 3.05) is 0 Å². The van der Waals surface area contributed by atoms with Crippen LogP contribution in [0.15, 0.2) is 92.1 Å². The van der Waals surface area contributed by atoms with E-state index in [-0.39, 0.29) is 33.6 Å². The summed E-state index contributed by atoms with van der Waals surface area (Å²) < 4.78 is 32.1. The van der Waals surface area contributed by atoms with Crippen molar-refractivity contribution < 1.29 is 23.2 Å². The molecular formula is C23H17ClN4O5S. The molecule has 0 fully saturated rings. The van der Waals surface area contributed by atoms with Crippen LogP contribution in [0.3, 0.4) is 0 Å². The maximum Gasteiger partial charge on any atom is 0.296 e. The van der Waals surface area contributed by atoms with Gasteiger partial charge in [0, 0.05) is 11.5 Å². The standard InChI is InChI=1S/C23H17ClN4O5S/c1-13-10-19(27-28-23-16-5-3-2-4-14(16)6-9-20(23)29)21(30)12-18(13)26-25-15-7-8-17(24)22(11-15)34(31,32)33/h2-12,29-30H,1H3,(H,31,32,33). The maximum absolute atomic E-state index is 11.4. The second-order valence-corrected chi connectivity index (χ2v) is 9.07. The fourth-order valence-electron chi connectivity index (χ4n) is 3.17. The molecule has 0 aliphatic carbocycles. The molecule has 0 atom stereocenters. The van der Waals surface area contributed by atoms with Gasteiger partial charge in [-0.1, -0.05) is 41.9 Å². The lowest BCUT2D eigenvalue weighted by atomic mass is 10.1. The second-order valence-electron chi connectivity index (χ2n) is 7.27. The van der Waals surface area contributed by atoms with Crippen LogP contribution in [0.2, 0.25) is 5.02 Å². The topological polar surface area (TPSA) is 144 Å². The monoisotopic (exact) mass is 496 g/mol. The molecular weight excluding hydrogens is 480 g/mol. The van der Waals surface area contributed by atoms with Crippen LogP contribution in [0.5, 0.6) is 11.5 Å². The summed E-state index contributed by atoms with van der Waals surface area (Å²) in [5, 5.41) is 38.3. The molecule has 0 radical (unpaired) electrons. The van der Waals surface area contributed by atoms with Crippen molar-refractivity contribution in [2.24, 2.45) is 20.5 Å². The summed E-state index contributed by atoms with van der Waals surface area (Å²) in [7, 11) is -4.52. The number of phenols is 2. The van der Waals surface area contributed by atoms with Crippen LogP contribution in [0.1, 0.15) is 5.56 Å². The minimum Gasteiger partial charge on any atom is -0.506 e. The molecule has 4 aromatic carbocycles. The number of hydrogen-bond acceptors (Lipinski definition) is 8. The minimum atomic E-state index is -4.52. The highest BCUT2D eigenvalue weighted by atomic mass is 35.5. The van der Waals surface area contributed by atoms with Crippen molar-refractivity contribution in [3.63, 3.8) is 0 Å². The zero-order chi connectivity index (χ0) is 24.5. The summed E-state index contributed by atoms with van der Waals surface area (Å²) in [5.74, 6) is -0.269. The third kappa shape index (κ3) is 4.88. The Morgan fingerprint density at radius 1 is 0.794 bits per heavy atom. The van der Waals surface area contributed by atoms with Gasteiger partial charge in [0.1, 0.15) is 27.8 Å². The Balaban J connectivity index is 1.65. The van der Waals surface area contributed by atoms with Crippen molar-refractivity contribution in [3.05, 3.63) is 77.3 Å². The van der Waals surface area contributed by atoms with Gasteiger partial charge >= 0.3 is 0 Å². The van der Waals surface area contributed by atoms with Gasteiger partial charge in [0.05, 0.1) is 16.4 Å². The molecule has 4 rings (SSSR count). The lowest BCUT2D eigenvalue weighted by Crippen LogP contribution is -1.98. The number of aromatic hydroxyl groups is 2. The Kier molecular flexibility index (Phi) is 6.29. The van der Waals surface area contributed by atoms with Crippen LogP contribution in [-0.4, -0.2) is 23.2 Å². The van der Waals surface area contributed by atoms with Gasteiger partial charge in [-0.15, -0.1) is 10.2 Å². The summed E-state index contributed by atoms with van der Waals surface area (Å²) in [4.78, 5) is -0.488. The highest BCUT2D eigenvalue weighted by Gasteiger charge is 2.15. The summed E-state index contributed by atoms with van der Waals surface area (Å²) in [5.41, 5.74) is 1.46. The SMILES string of the molecule is Cc1cc(N=Nc2c(O)ccc3ccccc23)c(O)cc1N=Nc1ccc(Cl)c(S(=O)(=O)O)c1. The van der Waals surface area contributed by atoms with Crippen molar-refractivity contribution >= 4 is 55.2 Å². The van der Waals surface area contributed by atoms with Crippen LogP contribution < -0.4 is 0 Å². The number of phenolic OH excluding ortho intramolecular Hbond substituents is 2. The first kappa shape index (κ1) is 23.3. The Morgan fingerprint density at radius 3 is 2.29 bits per heavy atom. The maximum atomic E-state index is 11.4. The lowest BCUT2D eigenvalue weighted by Gasteiger charge is -2.06. The number of benzene rings is 4. The van der Waals surface area contributed by atoms with Crippen molar-refractivity contribution in [1.29, 1.82) is 0 Å². The first-order valence-corrected chi connectivity index (χ1v) is 11.6. The molecule has 0 saturated heterocycles. The largest absolute Gasteiger partial charge is 0.506 e. The third-order valence-corrected chi connectivity index (χ3v) is 6.23. The first-order valence-electron chi connectivity index (χ1n) is 9.78. The minimum absolute atomic E-state index is 0.0451. The lowest BCUT2D eigenvalue weighted by molar-refractivity contribution is 0.474. The molecule has 0 spiro atoms. The number of rotatable bonds is 5. The van der Waals surface area contributed by atoms with Crippen LogP contribution in [0, 0.1) is 6.92 Å². The van der Waals surface area contributed by atoms with Crippen LogP contribution in [-0.2, 0) is 10.1 Å². The predicted molar refractivity (Wildman–Crippen MR) is 128 cm³/mol. The van der Waals surface area contributed by atoms with E-state index in [1.54, 1.807) is 19.1 Å². The number of hydrogen-bond donors (Lipinski definition) is 3. The summed E-state index contributed by atoms with van der Waals surface area (Å²) >= 11 is 5.80. The van der Waals surface area contributed by atoms with Gasteiger partial charge in [0.15, 0.2) is 0 Å². The second kappa shape index (κ2) is 9.18. The highest BCUT2D eigenvalue weighted by molar-refractivity contribution is 7.86. The molecule has 34 heavy (non-hydrogen) atoms. The molecule has 0 aliphatic heterocycles. The van der Waals surface area contributed by atoms with Crippen molar-refractivity contribution in [2.45, 2.75) is 11.8 Å². The molecule has 0 aliphatic rings. The van der Waals surface area contributed by atoms with E-state index in [0.717, 1.165) is 11.5 Å². The number of aryl methyl sites for hydroxylation is 1. The number of halogens is 1. The highest BCUT2D eigenvalue weighted by Crippen LogP contribution is 2.39. The van der Waals surface area contributed by atoms with Gasteiger partial charge in [-0.3, -0.25) is 4.55 Å². The molecule has 0 saturated carbocycles. The van der Waals surface area contributed by atoms with Crippen molar-refractivity contribution in [3.8, 4) is 11.5 Å². The van der Waals surface area contributed by atoms with Gasteiger partial charge in [-0.2, -0.15) is 18.6 Å². The van der Waals surface area contributed by atoms with E-state index < -0.39 is 15.0 Å². The Bertz CT molecular complexity index is 1590. The molecule has 0 heterocycles. The predicted octanol–water partition coefficient (Wildman–Crippen LogP) is 7.29. The Hall–Kier alpha value is -3.86. The summed E-state index contributed by atoms with van der Waals surface area (Å²) in [6, 6.07) is 17.3. The van der Waals surface area contributed by atoms with Crippen LogP contribution in [0.25, 0.3) is 10.8 Å². The quantitative estimate of drug-likeness (QED) is 0.196. The van der Waals surface area contributed by atoms with Gasteiger partial charge in [0.25, 0.3) is 10.1 Å². The molecule has 4 aromatic rings. The van der Waals surface area contributed by atoms with Crippen LogP contribution >= 0.6 is 11.6 Å². The fourth-order valence-corrected chi connectivity index (χ4v) is 4.17. The first-order chi connectivity index (χ1) is 16.1. The molecule has 172 valence electrons. The Morgan fingerprint density at radius 2 is 1.53 bits per heavy atom. The zero-order valence-corrected chi connectivity index (χ0v) is 19.2. The molecule has 9 nitrogen and oxygen atoms in total. The molecule has 0 unspecified atom stereocenters. The zero-order valence-electron chi connectivity index (χ0n) is 17.6. The van der Waals surface area contributed by atoms with Gasteiger partial charge < -0.3 is 10.2 Å². The van der Waals surface area contributed by atoms with E-state index in [9.17, 15) is 23.2 Å². The van der Waals surface area contributed by atoms with E-state index in [0.29, 0.717) is 16.6 Å². The van der Waals surface area contributed by atoms with Gasteiger partial charge in [-0.05, 0) is 48.2 Å². The fraction of sp³-hybridized carbons (Fsp3) is 0.0435. The van der Waals surface area contributed by atoms with E-state index in [2.05, 4.69) is 20.5 Å². The third-order valence-electron chi connectivity index (χ3n) is 4.90. The van der Waals surface area contributed by atoms with Gasteiger partial charge in [0.2, 0.25) is 0 Å². The van der Waals surface area contributed by atoms with E-state index >= 15 is 0 Å². The molecule has 0 amide bonds. The molecule has 0 bridgehead atoms. The summed E-state index contributed by atoms with van der Waals surface area (Å²) in [6.07, 6.45) is 0. The number of nitrogens with zero attached hydrogens (tertiary/aromatic N) is 4. The van der Waals surface area contributed by atoms with E-state index in [1.165, 1.54) is 24.3 Å². The number of fused-ring (bicyclic) bond motifs is 1. The van der Waals surface area contributed by atoms with Gasteiger partial charge in [-0.25, -0.2) is 0 Å². The van der Waals surface area contributed by atoms with E-state index in [4.69, 9.17) is 11.6 Å². The average molecular weight is 497 g/mol. The van der Waals surface area contributed by atoms with Crippen molar-refractivity contribution in [1.82, 2.24) is 0 Å². The average Bonchev–Trinajstić information content (AvgIpc) is 2.79. The smallest absolute Gasteiger partial charge is 0.296 e. The molecule has 0 aromatic heterocycles. The summed E-state index contributed by atoms with van der Waals surface area (Å²) in [6.45, 7) is 1.72. The molecule has 3 N–H and O–H groups in total. The van der Waals surface area contributed by atoms with E-state index in [1.807, 2.05) is 24.3 Å². The number of azo groups is 2.